The van der Waals surface area contributed by atoms with E-state index in [4.69, 9.17) is 0 Å². The molecule has 0 aliphatic carbocycles. The number of phenolic OH excluding ortho intramolecular Hbond substituents is 1. The number of aromatic hydroxyl groups is 1. The highest BCUT2D eigenvalue weighted by Crippen LogP contribution is 2.23. The monoisotopic (exact) mass is 334 g/mol. The fraction of sp³-hybridized carbons (Fsp3) is 0.143. The number of nitrogens with one attached hydrogen (secondary N) is 1. The molecular formula is C21H22N2O2. The molecule has 3 aromatic rings. The number of amides is 1. The van der Waals surface area contributed by atoms with Crippen molar-refractivity contribution in [3.05, 3.63) is 77.6 Å². The fourth-order valence-corrected chi connectivity index (χ4v) is 2.44. The van der Waals surface area contributed by atoms with Crippen molar-refractivity contribution in [1.82, 2.24) is 4.98 Å². The first-order chi connectivity index (χ1) is 11.5. The van der Waals surface area contributed by atoms with E-state index in [0.717, 1.165) is 27.9 Å². The van der Waals surface area contributed by atoms with Gasteiger partial charge in [0.2, 0.25) is 0 Å². The molecular weight excluding hydrogens is 312 g/mol. The van der Waals surface area contributed by atoms with Crippen LogP contribution < -0.4 is 5.32 Å². The fourth-order valence-electron chi connectivity index (χ4n) is 2.44. The molecule has 1 aromatic heterocycles. The van der Waals surface area contributed by atoms with Crippen LogP contribution in [0.4, 0.5) is 5.69 Å². The van der Waals surface area contributed by atoms with Crippen molar-refractivity contribution in [2.45, 2.75) is 21.3 Å². The SMILES string of the molecule is C.Cc1ccc(C)c(NC(=O)c2cncc(-c3ccc(O)cc3)c2)c1. The van der Waals surface area contributed by atoms with Gasteiger partial charge >= 0.3 is 0 Å². The van der Waals surface area contributed by atoms with Crippen molar-refractivity contribution in [3.63, 3.8) is 0 Å². The summed E-state index contributed by atoms with van der Waals surface area (Å²) in [5.74, 6) is 0.00681. The van der Waals surface area contributed by atoms with Gasteiger partial charge in [0.15, 0.2) is 0 Å². The van der Waals surface area contributed by atoms with Crippen LogP contribution in [0.3, 0.4) is 0 Å². The largest absolute Gasteiger partial charge is 0.508 e. The van der Waals surface area contributed by atoms with Gasteiger partial charge in [0.25, 0.3) is 5.91 Å². The van der Waals surface area contributed by atoms with Crippen LogP contribution in [0.5, 0.6) is 5.75 Å². The van der Waals surface area contributed by atoms with E-state index in [1.165, 1.54) is 0 Å². The number of hydrogen-bond donors (Lipinski definition) is 2. The number of rotatable bonds is 3. The number of carbonyl (C=O) groups is 1. The summed E-state index contributed by atoms with van der Waals surface area (Å²) in [6.45, 7) is 3.95. The van der Waals surface area contributed by atoms with Crippen molar-refractivity contribution >= 4 is 11.6 Å². The Balaban J connectivity index is 0.00000225. The molecule has 1 amide bonds. The summed E-state index contributed by atoms with van der Waals surface area (Å²) >= 11 is 0. The van der Waals surface area contributed by atoms with Crippen LogP contribution in [0.1, 0.15) is 28.9 Å². The van der Waals surface area contributed by atoms with Crippen LogP contribution in [0.25, 0.3) is 11.1 Å². The number of benzene rings is 2. The summed E-state index contributed by atoms with van der Waals surface area (Å²) in [5, 5.41) is 12.3. The molecule has 0 radical (unpaired) electrons. The highest BCUT2D eigenvalue weighted by atomic mass is 16.3. The molecule has 4 heteroatoms. The molecule has 0 atom stereocenters. The maximum atomic E-state index is 12.5. The van der Waals surface area contributed by atoms with Gasteiger partial charge in [0.05, 0.1) is 5.56 Å². The maximum absolute atomic E-state index is 12.5. The van der Waals surface area contributed by atoms with Gasteiger partial charge in [-0.1, -0.05) is 31.7 Å². The quantitative estimate of drug-likeness (QED) is 0.711. The third-order valence-electron chi connectivity index (χ3n) is 3.84. The molecule has 0 unspecified atom stereocenters. The van der Waals surface area contributed by atoms with Crippen LogP contribution in [0, 0.1) is 13.8 Å². The normalized spacial score (nSPS) is 10.0. The Morgan fingerprint density at radius 3 is 2.40 bits per heavy atom. The van der Waals surface area contributed by atoms with E-state index in [1.54, 1.807) is 42.7 Å². The summed E-state index contributed by atoms with van der Waals surface area (Å²) in [6.07, 6.45) is 3.24. The molecule has 0 aliphatic heterocycles. The van der Waals surface area contributed by atoms with Crippen LogP contribution >= 0.6 is 0 Å². The number of aromatic nitrogens is 1. The minimum atomic E-state index is -0.197. The van der Waals surface area contributed by atoms with E-state index in [2.05, 4.69) is 10.3 Å². The number of anilines is 1. The summed E-state index contributed by atoms with van der Waals surface area (Å²) in [6, 6.07) is 14.5. The molecule has 3 rings (SSSR count). The van der Waals surface area contributed by atoms with E-state index >= 15 is 0 Å². The third kappa shape index (κ3) is 4.23. The van der Waals surface area contributed by atoms with Crippen molar-refractivity contribution in [2.24, 2.45) is 0 Å². The zero-order chi connectivity index (χ0) is 17.1. The lowest BCUT2D eigenvalue weighted by molar-refractivity contribution is 0.102. The molecule has 0 saturated heterocycles. The number of aryl methyl sites for hydroxylation is 2. The molecule has 4 nitrogen and oxygen atoms in total. The second-order valence-corrected chi connectivity index (χ2v) is 5.78. The van der Waals surface area contributed by atoms with E-state index in [9.17, 15) is 9.90 Å². The lowest BCUT2D eigenvalue weighted by Crippen LogP contribution is -2.13. The smallest absolute Gasteiger partial charge is 0.257 e. The van der Waals surface area contributed by atoms with Gasteiger partial charge in [0.1, 0.15) is 5.75 Å². The molecule has 0 fully saturated rings. The van der Waals surface area contributed by atoms with Gasteiger partial charge < -0.3 is 10.4 Å². The third-order valence-corrected chi connectivity index (χ3v) is 3.84. The first-order valence-electron chi connectivity index (χ1n) is 7.66. The number of nitrogens with zero attached hydrogens (tertiary/aromatic N) is 1. The molecule has 0 aliphatic rings. The zero-order valence-corrected chi connectivity index (χ0v) is 13.6. The van der Waals surface area contributed by atoms with Crippen molar-refractivity contribution in [2.75, 3.05) is 5.32 Å². The Labute approximate surface area is 148 Å². The average Bonchev–Trinajstić information content (AvgIpc) is 2.59. The highest BCUT2D eigenvalue weighted by molar-refractivity contribution is 6.05. The number of pyridine rings is 1. The summed E-state index contributed by atoms with van der Waals surface area (Å²) in [4.78, 5) is 16.7. The van der Waals surface area contributed by atoms with Crippen molar-refractivity contribution < 1.29 is 9.90 Å². The molecule has 128 valence electrons. The summed E-state index contributed by atoms with van der Waals surface area (Å²) in [7, 11) is 0. The molecule has 0 saturated carbocycles. The molecule has 0 bridgehead atoms. The molecule has 0 spiro atoms. The Morgan fingerprint density at radius 2 is 1.68 bits per heavy atom. The van der Waals surface area contributed by atoms with Gasteiger partial charge in [-0.05, 0) is 54.8 Å². The summed E-state index contributed by atoms with van der Waals surface area (Å²) < 4.78 is 0. The Morgan fingerprint density at radius 1 is 0.960 bits per heavy atom. The Bertz CT molecular complexity index is 887. The Kier molecular flexibility index (Phi) is 5.55. The average molecular weight is 334 g/mol. The van der Waals surface area contributed by atoms with Gasteiger partial charge in [-0.25, -0.2) is 0 Å². The van der Waals surface area contributed by atoms with E-state index in [1.807, 2.05) is 32.0 Å². The van der Waals surface area contributed by atoms with Gasteiger partial charge in [-0.3, -0.25) is 9.78 Å². The highest BCUT2D eigenvalue weighted by Gasteiger charge is 2.10. The summed E-state index contributed by atoms with van der Waals surface area (Å²) in [5.41, 5.74) is 5.10. The lowest BCUT2D eigenvalue weighted by Gasteiger charge is -2.10. The van der Waals surface area contributed by atoms with Gasteiger partial charge in [-0.2, -0.15) is 0 Å². The molecule has 1 heterocycles. The van der Waals surface area contributed by atoms with Crippen molar-refractivity contribution in [1.29, 1.82) is 0 Å². The van der Waals surface area contributed by atoms with E-state index in [0.29, 0.717) is 5.56 Å². The lowest BCUT2D eigenvalue weighted by atomic mass is 10.1. The van der Waals surface area contributed by atoms with Gasteiger partial charge in [0, 0.05) is 23.6 Å². The zero-order valence-electron chi connectivity index (χ0n) is 13.6. The van der Waals surface area contributed by atoms with Crippen LogP contribution in [0.2, 0.25) is 0 Å². The predicted octanol–water partition coefficient (Wildman–Crippen LogP) is 4.96. The second kappa shape index (κ2) is 7.62. The van der Waals surface area contributed by atoms with Crippen LogP contribution in [-0.4, -0.2) is 16.0 Å². The molecule has 2 aromatic carbocycles. The molecule has 25 heavy (non-hydrogen) atoms. The topological polar surface area (TPSA) is 62.2 Å². The second-order valence-electron chi connectivity index (χ2n) is 5.78. The first kappa shape index (κ1) is 18.2. The van der Waals surface area contributed by atoms with Gasteiger partial charge in [-0.15, -0.1) is 0 Å². The maximum Gasteiger partial charge on any atom is 0.257 e. The van der Waals surface area contributed by atoms with E-state index in [-0.39, 0.29) is 19.1 Å². The van der Waals surface area contributed by atoms with Crippen LogP contribution in [0.15, 0.2) is 60.9 Å². The first-order valence-corrected chi connectivity index (χ1v) is 7.66. The predicted molar refractivity (Wildman–Crippen MR) is 102 cm³/mol. The minimum absolute atomic E-state index is 0. The standard InChI is InChI=1S/C20H18N2O2.CH4/c1-13-3-4-14(2)19(9-13)22-20(24)17-10-16(11-21-12-17)15-5-7-18(23)8-6-15;/h3-12,23H,1-2H3,(H,22,24);1H4. The van der Waals surface area contributed by atoms with Crippen LogP contribution in [-0.2, 0) is 0 Å². The van der Waals surface area contributed by atoms with E-state index < -0.39 is 0 Å². The Hall–Kier alpha value is -3.14. The van der Waals surface area contributed by atoms with Crippen molar-refractivity contribution in [3.8, 4) is 16.9 Å². The number of carbonyl (C=O) groups excluding carboxylic acids is 1. The number of hydrogen-bond acceptors (Lipinski definition) is 3. The minimum Gasteiger partial charge on any atom is -0.508 e. The number of phenols is 1. The molecule has 2 N–H and O–H groups in total.